The summed E-state index contributed by atoms with van der Waals surface area (Å²) < 4.78 is 5.24. The highest BCUT2D eigenvalue weighted by atomic mass is 16.5. The minimum atomic E-state index is 0.780. The zero-order valence-electron chi connectivity index (χ0n) is 12.0. The monoisotopic (exact) mass is 290 g/mol. The van der Waals surface area contributed by atoms with E-state index in [9.17, 15) is 0 Å². The van der Waals surface area contributed by atoms with E-state index in [-0.39, 0.29) is 0 Å². The summed E-state index contributed by atoms with van der Waals surface area (Å²) in [5.74, 6) is 1.56. The Morgan fingerprint density at radius 3 is 2.91 bits per heavy atom. The average molecular weight is 290 g/mol. The van der Waals surface area contributed by atoms with Gasteiger partial charge in [-0.05, 0) is 36.4 Å². The normalized spacial score (nSPS) is 11.0. The summed E-state index contributed by atoms with van der Waals surface area (Å²) in [5.41, 5.74) is 2.95. The molecule has 0 aliphatic carbocycles. The van der Waals surface area contributed by atoms with Crippen molar-refractivity contribution in [2.45, 2.75) is 0 Å². The second-order valence-corrected chi connectivity index (χ2v) is 5.01. The molecular weight excluding hydrogens is 276 g/mol. The number of fused-ring (bicyclic) bond motifs is 2. The van der Waals surface area contributed by atoms with Gasteiger partial charge in [-0.2, -0.15) is 0 Å². The summed E-state index contributed by atoms with van der Waals surface area (Å²) in [6.45, 7) is 0. The van der Waals surface area contributed by atoms with Gasteiger partial charge in [-0.3, -0.25) is 0 Å². The lowest BCUT2D eigenvalue weighted by Crippen LogP contribution is -1.96. The summed E-state index contributed by atoms with van der Waals surface area (Å²) in [5, 5.41) is 5.47. The lowest BCUT2D eigenvalue weighted by Gasteiger charge is -2.09. The number of benzene rings is 2. The molecule has 5 nitrogen and oxygen atoms in total. The predicted molar refractivity (Wildman–Crippen MR) is 87.7 cm³/mol. The minimum absolute atomic E-state index is 0.780. The highest BCUT2D eigenvalue weighted by Gasteiger charge is 2.06. The maximum Gasteiger partial charge on any atom is 0.141 e. The number of hydrogen-bond donors (Lipinski definition) is 2. The smallest absolute Gasteiger partial charge is 0.141 e. The third kappa shape index (κ3) is 2.13. The topological polar surface area (TPSA) is 62.8 Å². The van der Waals surface area contributed by atoms with E-state index in [4.69, 9.17) is 4.74 Å². The van der Waals surface area contributed by atoms with Crippen molar-refractivity contribution in [2.75, 3.05) is 12.4 Å². The fourth-order valence-electron chi connectivity index (χ4n) is 2.53. The molecule has 2 aromatic carbocycles. The van der Waals surface area contributed by atoms with Crippen LogP contribution in [0, 0.1) is 0 Å². The molecule has 0 saturated heterocycles. The van der Waals surface area contributed by atoms with Gasteiger partial charge in [0.25, 0.3) is 0 Å². The number of nitrogens with zero attached hydrogens (tertiary/aromatic N) is 2. The van der Waals surface area contributed by atoms with Gasteiger partial charge in [0.1, 0.15) is 17.9 Å². The van der Waals surface area contributed by atoms with E-state index in [1.165, 1.54) is 0 Å². The van der Waals surface area contributed by atoms with Gasteiger partial charge in [0.15, 0.2) is 0 Å². The number of aromatic amines is 1. The van der Waals surface area contributed by atoms with E-state index < -0.39 is 0 Å². The SMILES string of the molecule is COc1ccc2c(Nc3ccc4[nH]ccc4c3)ncnc2c1. The molecule has 5 heteroatoms. The molecule has 0 aliphatic rings. The predicted octanol–water partition coefficient (Wildman–Crippen LogP) is 3.86. The molecule has 0 fully saturated rings. The maximum absolute atomic E-state index is 5.24. The highest BCUT2D eigenvalue weighted by molar-refractivity contribution is 5.92. The standard InChI is InChI=1S/C17H14N4O/c1-22-13-3-4-14-16(9-13)19-10-20-17(14)21-12-2-5-15-11(8-12)6-7-18-15/h2-10,18H,1H3,(H,19,20,21). The molecule has 0 spiro atoms. The summed E-state index contributed by atoms with van der Waals surface area (Å²) in [6.07, 6.45) is 3.49. The second kappa shape index (κ2) is 5.04. The lowest BCUT2D eigenvalue weighted by molar-refractivity contribution is 0.415. The van der Waals surface area contributed by atoms with E-state index in [0.717, 1.165) is 39.1 Å². The molecular formula is C17H14N4O. The summed E-state index contributed by atoms with van der Waals surface area (Å²) in [4.78, 5) is 11.8. The minimum Gasteiger partial charge on any atom is -0.497 e. The Morgan fingerprint density at radius 1 is 1.05 bits per heavy atom. The van der Waals surface area contributed by atoms with Crippen molar-refractivity contribution in [2.24, 2.45) is 0 Å². The van der Waals surface area contributed by atoms with Crippen LogP contribution in [0.25, 0.3) is 21.8 Å². The van der Waals surface area contributed by atoms with Crippen LogP contribution in [-0.4, -0.2) is 22.1 Å². The Kier molecular flexibility index (Phi) is 2.89. The molecule has 0 aliphatic heterocycles. The molecule has 0 amide bonds. The molecule has 108 valence electrons. The number of hydrogen-bond acceptors (Lipinski definition) is 4. The number of ether oxygens (including phenoxy) is 1. The van der Waals surface area contributed by atoms with E-state index in [1.807, 2.05) is 42.6 Å². The van der Waals surface area contributed by atoms with Crippen molar-refractivity contribution in [3.05, 3.63) is 55.0 Å². The van der Waals surface area contributed by atoms with Crippen molar-refractivity contribution in [1.29, 1.82) is 0 Å². The van der Waals surface area contributed by atoms with Crippen molar-refractivity contribution < 1.29 is 4.74 Å². The Hall–Kier alpha value is -3.08. The van der Waals surface area contributed by atoms with E-state index in [2.05, 4.69) is 26.3 Å². The first kappa shape index (κ1) is 12.6. The molecule has 4 rings (SSSR count). The van der Waals surface area contributed by atoms with E-state index in [0.29, 0.717) is 0 Å². The summed E-state index contributed by atoms with van der Waals surface area (Å²) in [7, 11) is 1.65. The highest BCUT2D eigenvalue weighted by Crippen LogP contribution is 2.27. The van der Waals surface area contributed by atoms with Crippen molar-refractivity contribution >= 4 is 33.3 Å². The van der Waals surface area contributed by atoms with Crippen molar-refractivity contribution in [3.8, 4) is 5.75 Å². The fraction of sp³-hybridized carbons (Fsp3) is 0.0588. The molecule has 22 heavy (non-hydrogen) atoms. The summed E-state index contributed by atoms with van der Waals surface area (Å²) >= 11 is 0. The lowest BCUT2D eigenvalue weighted by atomic mass is 10.2. The van der Waals surface area contributed by atoms with Gasteiger partial charge >= 0.3 is 0 Å². The second-order valence-electron chi connectivity index (χ2n) is 5.01. The van der Waals surface area contributed by atoms with Crippen LogP contribution < -0.4 is 10.1 Å². The van der Waals surface area contributed by atoms with Crippen LogP contribution >= 0.6 is 0 Å². The van der Waals surface area contributed by atoms with E-state index >= 15 is 0 Å². The largest absolute Gasteiger partial charge is 0.497 e. The number of methoxy groups -OCH3 is 1. The molecule has 0 unspecified atom stereocenters. The Balaban J connectivity index is 1.76. The van der Waals surface area contributed by atoms with E-state index in [1.54, 1.807) is 13.4 Å². The van der Waals surface area contributed by atoms with Crippen LogP contribution in [0.5, 0.6) is 5.75 Å². The quantitative estimate of drug-likeness (QED) is 0.601. The molecule has 0 bridgehead atoms. The molecule has 0 atom stereocenters. The van der Waals surface area contributed by atoms with Crippen LogP contribution in [0.4, 0.5) is 11.5 Å². The van der Waals surface area contributed by atoms with Crippen LogP contribution in [0.3, 0.4) is 0 Å². The van der Waals surface area contributed by atoms with Gasteiger partial charge < -0.3 is 15.0 Å². The van der Waals surface area contributed by atoms with Gasteiger partial charge in [-0.25, -0.2) is 9.97 Å². The first-order chi connectivity index (χ1) is 10.8. The zero-order chi connectivity index (χ0) is 14.9. The van der Waals surface area contributed by atoms with Gasteiger partial charge in [0.2, 0.25) is 0 Å². The zero-order valence-corrected chi connectivity index (χ0v) is 12.0. The average Bonchev–Trinajstić information content (AvgIpc) is 3.02. The number of rotatable bonds is 3. The third-order valence-electron chi connectivity index (χ3n) is 3.66. The van der Waals surface area contributed by atoms with Crippen LogP contribution in [0.2, 0.25) is 0 Å². The maximum atomic E-state index is 5.24. The molecule has 2 aromatic heterocycles. The molecule has 2 heterocycles. The number of anilines is 2. The Labute approximate surface area is 127 Å². The van der Waals surface area contributed by atoms with Crippen LogP contribution in [0.15, 0.2) is 55.0 Å². The van der Waals surface area contributed by atoms with Crippen molar-refractivity contribution in [3.63, 3.8) is 0 Å². The molecule has 0 saturated carbocycles. The first-order valence-electron chi connectivity index (χ1n) is 6.96. The van der Waals surface area contributed by atoms with Crippen LogP contribution in [0.1, 0.15) is 0 Å². The molecule has 4 aromatic rings. The number of aromatic nitrogens is 3. The fourth-order valence-corrected chi connectivity index (χ4v) is 2.53. The number of nitrogens with one attached hydrogen (secondary N) is 2. The Morgan fingerprint density at radius 2 is 2.00 bits per heavy atom. The van der Waals surface area contributed by atoms with Crippen LogP contribution in [-0.2, 0) is 0 Å². The summed E-state index contributed by atoms with van der Waals surface area (Å²) in [6, 6.07) is 14.0. The van der Waals surface area contributed by atoms with Gasteiger partial charge in [0, 0.05) is 34.2 Å². The van der Waals surface area contributed by atoms with Gasteiger partial charge in [-0.1, -0.05) is 0 Å². The molecule has 0 radical (unpaired) electrons. The Bertz CT molecular complexity index is 961. The first-order valence-corrected chi connectivity index (χ1v) is 6.96. The van der Waals surface area contributed by atoms with Gasteiger partial charge in [0.05, 0.1) is 12.6 Å². The third-order valence-corrected chi connectivity index (χ3v) is 3.66. The van der Waals surface area contributed by atoms with Crippen molar-refractivity contribution in [1.82, 2.24) is 15.0 Å². The molecule has 2 N–H and O–H groups in total. The van der Waals surface area contributed by atoms with Gasteiger partial charge in [-0.15, -0.1) is 0 Å². The number of H-pyrrole nitrogens is 1.